The number of rotatable bonds is 4. The molecule has 0 radical (unpaired) electrons. The van der Waals surface area contributed by atoms with Crippen molar-refractivity contribution in [2.75, 3.05) is 52.4 Å². The molecule has 126 valence electrons. The number of ether oxygens (including phenoxy) is 1. The molecular weight excluding hydrogens is 294 g/mol. The molecule has 1 amide bonds. The summed E-state index contributed by atoms with van der Waals surface area (Å²) in [6.45, 7) is 5.58. The zero-order valence-electron chi connectivity index (χ0n) is 13.4. The monoisotopic (exact) mass is 319 g/mol. The van der Waals surface area contributed by atoms with E-state index in [0.29, 0.717) is 32.8 Å². The summed E-state index contributed by atoms with van der Waals surface area (Å²) in [5, 5.41) is 13.5. The average molecular weight is 319 g/mol. The second-order valence-electron chi connectivity index (χ2n) is 6.12. The summed E-state index contributed by atoms with van der Waals surface area (Å²) in [4.78, 5) is 16.5. The predicted molar refractivity (Wildman–Crippen MR) is 87.0 cm³/mol. The van der Waals surface area contributed by atoms with E-state index in [1.54, 1.807) is 0 Å². The second-order valence-corrected chi connectivity index (χ2v) is 6.12. The first-order valence-electron chi connectivity index (χ1n) is 8.30. The summed E-state index contributed by atoms with van der Waals surface area (Å²) < 4.78 is 5.53. The van der Waals surface area contributed by atoms with Gasteiger partial charge in [0.25, 0.3) is 5.91 Å². The van der Waals surface area contributed by atoms with Gasteiger partial charge < -0.3 is 20.1 Å². The first kappa shape index (κ1) is 16.4. The van der Waals surface area contributed by atoms with Gasteiger partial charge in [-0.1, -0.05) is 30.3 Å². The van der Waals surface area contributed by atoms with Gasteiger partial charge >= 0.3 is 0 Å². The van der Waals surface area contributed by atoms with Crippen LogP contribution in [0.5, 0.6) is 0 Å². The van der Waals surface area contributed by atoms with Crippen molar-refractivity contribution in [1.82, 2.24) is 15.1 Å². The Hall–Kier alpha value is -1.47. The fraction of sp³-hybridized carbons (Fsp3) is 0.588. The van der Waals surface area contributed by atoms with Gasteiger partial charge in [-0.05, 0) is 5.56 Å². The number of amides is 1. The van der Waals surface area contributed by atoms with Crippen LogP contribution in [0.2, 0.25) is 0 Å². The number of hydrogen-bond donors (Lipinski definition) is 2. The molecule has 2 atom stereocenters. The Labute approximate surface area is 137 Å². The van der Waals surface area contributed by atoms with Crippen molar-refractivity contribution in [3.05, 3.63) is 35.9 Å². The molecule has 1 aromatic rings. The standard InChI is InChI=1S/C17H25N3O3/c21-15(14-4-2-1-3-5-14)13-19-7-9-20(10-8-19)17(22)16-12-18-6-11-23-16/h1-5,15-16,18,21H,6-13H2. The number of nitrogens with one attached hydrogen (secondary N) is 1. The SMILES string of the molecule is O=C(C1CNCCO1)N1CCN(CC(O)c2ccccc2)CC1. The van der Waals surface area contributed by atoms with Crippen LogP contribution in [0.15, 0.2) is 30.3 Å². The first-order chi connectivity index (χ1) is 11.2. The molecule has 2 heterocycles. The number of aliphatic hydroxyl groups is 1. The molecule has 2 unspecified atom stereocenters. The van der Waals surface area contributed by atoms with Crippen LogP contribution in [0, 0.1) is 0 Å². The number of nitrogens with zero attached hydrogens (tertiary/aromatic N) is 2. The lowest BCUT2D eigenvalue weighted by Gasteiger charge is -2.37. The molecule has 2 fully saturated rings. The Balaban J connectivity index is 1.45. The molecule has 3 rings (SSSR count). The third kappa shape index (κ3) is 4.29. The van der Waals surface area contributed by atoms with E-state index in [1.165, 1.54) is 0 Å². The van der Waals surface area contributed by atoms with Crippen LogP contribution in [-0.4, -0.2) is 79.3 Å². The van der Waals surface area contributed by atoms with Crippen molar-refractivity contribution in [2.24, 2.45) is 0 Å². The van der Waals surface area contributed by atoms with Gasteiger partial charge in [0.05, 0.1) is 12.7 Å². The highest BCUT2D eigenvalue weighted by atomic mass is 16.5. The van der Waals surface area contributed by atoms with E-state index in [1.807, 2.05) is 35.2 Å². The van der Waals surface area contributed by atoms with Crippen molar-refractivity contribution in [1.29, 1.82) is 0 Å². The molecule has 6 heteroatoms. The minimum atomic E-state index is -0.482. The first-order valence-corrected chi connectivity index (χ1v) is 8.30. The molecule has 1 aromatic carbocycles. The number of carbonyl (C=O) groups is 1. The lowest BCUT2D eigenvalue weighted by Crippen LogP contribution is -2.55. The summed E-state index contributed by atoms with van der Waals surface area (Å²) in [6.07, 6.45) is -0.825. The van der Waals surface area contributed by atoms with Crippen LogP contribution in [-0.2, 0) is 9.53 Å². The van der Waals surface area contributed by atoms with E-state index in [0.717, 1.165) is 25.2 Å². The summed E-state index contributed by atoms with van der Waals surface area (Å²) in [5.41, 5.74) is 0.938. The number of aliphatic hydroxyl groups excluding tert-OH is 1. The lowest BCUT2D eigenvalue weighted by molar-refractivity contribution is -0.147. The molecule has 0 aromatic heterocycles. The number of hydrogen-bond acceptors (Lipinski definition) is 5. The van der Waals surface area contributed by atoms with Crippen LogP contribution < -0.4 is 5.32 Å². The number of benzene rings is 1. The van der Waals surface area contributed by atoms with Gasteiger partial charge in [-0.15, -0.1) is 0 Å². The molecular formula is C17H25N3O3. The highest BCUT2D eigenvalue weighted by Crippen LogP contribution is 2.15. The Morgan fingerprint density at radius 3 is 2.65 bits per heavy atom. The molecule has 2 N–H and O–H groups in total. The van der Waals surface area contributed by atoms with Crippen molar-refractivity contribution < 1.29 is 14.6 Å². The minimum absolute atomic E-state index is 0.0838. The fourth-order valence-corrected chi connectivity index (χ4v) is 3.10. The Kier molecular flexibility index (Phi) is 5.61. The van der Waals surface area contributed by atoms with Gasteiger partial charge in [0.15, 0.2) is 0 Å². The van der Waals surface area contributed by atoms with E-state index in [9.17, 15) is 9.90 Å². The third-order valence-corrected chi connectivity index (χ3v) is 4.50. The van der Waals surface area contributed by atoms with Crippen molar-refractivity contribution in [3.63, 3.8) is 0 Å². The van der Waals surface area contributed by atoms with Crippen LogP contribution in [0.4, 0.5) is 0 Å². The lowest BCUT2D eigenvalue weighted by atomic mass is 10.1. The van der Waals surface area contributed by atoms with Crippen molar-refractivity contribution in [3.8, 4) is 0 Å². The maximum Gasteiger partial charge on any atom is 0.253 e. The maximum absolute atomic E-state index is 12.4. The van der Waals surface area contributed by atoms with Crippen molar-refractivity contribution in [2.45, 2.75) is 12.2 Å². The summed E-state index contributed by atoms with van der Waals surface area (Å²) in [5.74, 6) is 0.0838. The van der Waals surface area contributed by atoms with E-state index in [4.69, 9.17) is 4.74 Å². The average Bonchev–Trinajstić information content (AvgIpc) is 2.63. The van der Waals surface area contributed by atoms with Gasteiger partial charge in [0.1, 0.15) is 6.10 Å². The third-order valence-electron chi connectivity index (χ3n) is 4.50. The largest absolute Gasteiger partial charge is 0.387 e. The van der Waals surface area contributed by atoms with Gasteiger partial charge in [0.2, 0.25) is 0 Å². The minimum Gasteiger partial charge on any atom is -0.387 e. The molecule has 0 bridgehead atoms. The topological polar surface area (TPSA) is 65.0 Å². The maximum atomic E-state index is 12.4. The van der Waals surface area contributed by atoms with Crippen molar-refractivity contribution >= 4 is 5.91 Å². The molecule has 2 aliphatic heterocycles. The van der Waals surface area contributed by atoms with E-state index >= 15 is 0 Å². The molecule has 23 heavy (non-hydrogen) atoms. The smallest absolute Gasteiger partial charge is 0.253 e. The van der Waals surface area contributed by atoms with Gasteiger partial charge in [0, 0.05) is 45.8 Å². The molecule has 2 saturated heterocycles. The highest BCUT2D eigenvalue weighted by Gasteiger charge is 2.29. The Bertz CT molecular complexity index is 497. The normalized spacial score (nSPS) is 24.4. The summed E-state index contributed by atoms with van der Waals surface area (Å²) in [7, 11) is 0. The quantitative estimate of drug-likeness (QED) is 0.808. The second kappa shape index (κ2) is 7.88. The molecule has 0 spiro atoms. The number of morpholine rings is 1. The summed E-state index contributed by atoms with van der Waals surface area (Å²) >= 11 is 0. The zero-order valence-corrected chi connectivity index (χ0v) is 13.4. The summed E-state index contributed by atoms with van der Waals surface area (Å²) in [6, 6.07) is 9.71. The predicted octanol–water partition coefficient (Wildman–Crippen LogP) is -0.147. The van der Waals surface area contributed by atoms with Gasteiger partial charge in [-0.25, -0.2) is 0 Å². The molecule has 6 nitrogen and oxygen atoms in total. The van der Waals surface area contributed by atoms with Crippen LogP contribution in [0.1, 0.15) is 11.7 Å². The van der Waals surface area contributed by atoms with Crippen LogP contribution in [0.25, 0.3) is 0 Å². The molecule has 0 saturated carbocycles. The Morgan fingerprint density at radius 1 is 1.26 bits per heavy atom. The fourth-order valence-electron chi connectivity index (χ4n) is 3.10. The molecule has 0 aliphatic carbocycles. The molecule has 2 aliphatic rings. The van der Waals surface area contributed by atoms with E-state index in [2.05, 4.69) is 10.2 Å². The van der Waals surface area contributed by atoms with E-state index in [-0.39, 0.29) is 12.0 Å². The Morgan fingerprint density at radius 2 is 2.00 bits per heavy atom. The van der Waals surface area contributed by atoms with E-state index < -0.39 is 6.10 Å². The number of piperazine rings is 1. The van der Waals surface area contributed by atoms with Crippen LogP contribution in [0.3, 0.4) is 0 Å². The number of β-amino-alcohol motifs (C(OH)–C–C–N with tert-alkyl or cyclic N) is 1. The van der Waals surface area contributed by atoms with Crippen LogP contribution >= 0.6 is 0 Å². The number of carbonyl (C=O) groups excluding carboxylic acids is 1. The van der Waals surface area contributed by atoms with Gasteiger partial charge in [-0.2, -0.15) is 0 Å². The van der Waals surface area contributed by atoms with Gasteiger partial charge in [-0.3, -0.25) is 9.69 Å². The highest BCUT2D eigenvalue weighted by molar-refractivity contribution is 5.81. The zero-order chi connectivity index (χ0) is 16.1.